The van der Waals surface area contributed by atoms with Gasteiger partial charge >= 0.3 is 0 Å². The van der Waals surface area contributed by atoms with Crippen molar-refractivity contribution in [3.8, 4) is 17.0 Å². The van der Waals surface area contributed by atoms with E-state index in [0.717, 1.165) is 40.7 Å². The van der Waals surface area contributed by atoms with Crippen molar-refractivity contribution in [2.45, 2.75) is 25.0 Å². The lowest BCUT2D eigenvalue weighted by Crippen LogP contribution is -2.42. The van der Waals surface area contributed by atoms with E-state index in [9.17, 15) is 4.79 Å². The van der Waals surface area contributed by atoms with Crippen LogP contribution in [-0.2, 0) is 0 Å². The maximum Gasteiger partial charge on any atom is 0.267 e. The van der Waals surface area contributed by atoms with Crippen molar-refractivity contribution in [2.75, 3.05) is 5.32 Å². The minimum absolute atomic E-state index is 0.0736. The van der Waals surface area contributed by atoms with E-state index in [-0.39, 0.29) is 11.8 Å². The minimum Gasteiger partial charge on any atom is -0.474 e. The maximum atomic E-state index is 11.2. The summed E-state index contributed by atoms with van der Waals surface area (Å²) in [7, 11) is 0. The normalized spacial score (nSPS) is 17.7. The van der Waals surface area contributed by atoms with Crippen LogP contribution in [0.25, 0.3) is 22.0 Å². The van der Waals surface area contributed by atoms with Crippen molar-refractivity contribution in [3.05, 3.63) is 78.8 Å². The van der Waals surface area contributed by atoms with Gasteiger partial charge < -0.3 is 15.8 Å². The molecule has 0 atom stereocenters. The number of rotatable bonds is 6. The number of ether oxygens (including phenoxy) is 1. The number of nitrogens with two attached hydrogens (primary N) is 1. The molecule has 1 aliphatic carbocycles. The average molecular weight is 411 g/mol. The van der Waals surface area contributed by atoms with E-state index in [1.54, 1.807) is 24.5 Å². The van der Waals surface area contributed by atoms with E-state index >= 15 is 0 Å². The third kappa shape index (κ3) is 4.02. The molecule has 0 aliphatic heterocycles. The number of hydrogen-bond donors (Lipinski definition) is 2. The lowest BCUT2D eigenvalue weighted by Gasteiger charge is -2.36. The summed E-state index contributed by atoms with van der Waals surface area (Å²) in [6.07, 6.45) is 5.12. The van der Waals surface area contributed by atoms with Crippen molar-refractivity contribution in [1.82, 2.24) is 15.0 Å². The first-order valence-corrected chi connectivity index (χ1v) is 10.2. The Bertz CT molecular complexity index is 1240. The largest absolute Gasteiger partial charge is 0.474 e. The molecule has 1 fully saturated rings. The standard InChI is InChI=1S/C24H21N5O2/c25-23(30)21-9-7-16(14-27-21)19-5-3-11-26-24(19)31-18-12-17(13-18)28-22-10-8-15-4-1-2-6-20(15)29-22/h1-11,14,17-18H,12-13H2,(H2,25,30)(H,28,29). The highest BCUT2D eigenvalue weighted by Gasteiger charge is 2.32. The van der Waals surface area contributed by atoms with Crippen LogP contribution in [0.5, 0.6) is 5.88 Å². The molecule has 3 aromatic heterocycles. The number of fused-ring (bicyclic) bond motifs is 1. The second-order valence-electron chi connectivity index (χ2n) is 7.59. The van der Waals surface area contributed by atoms with E-state index in [1.165, 1.54) is 0 Å². The Kier molecular flexibility index (Phi) is 4.92. The topological polar surface area (TPSA) is 103 Å². The fourth-order valence-electron chi connectivity index (χ4n) is 3.70. The Hall–Kier alpha value is -4.00. The molecule has 7 nitrogen and oxygen atoms in total. The first kappa shape index (κ1) is 19.0. The molecule has 31 heavy (non-hydrogen) atoms. The molecule has 1 aliphatic rings. The molecule has 3 heterocycles. The zero-order chi connectivity index (χ0) is 21.2. The van der Waals surface area contributed by atoms with Gasteiger partial charge in [-0.15, -0.1) is 0 Å². The van der Waals surface area contributed by atoms with E-state index < -0.39 is 5.91 Å². The smallest absolute Gasteiger partial charge is 0.267 e. The molecule has 0 bridgehead atoms. The van der Waals surface area contributed by atoms with Gasteiger partial charge in [0.2, 0.25) is 5.88 Å². The van der Waals surface area contributed by atoms with E-state index in [4.69, 9.17) is 10.5 Å². The summed E-state index contributed by atoms with van der Waals surface area (Å²) in [6.45, 7) is 0. The van der Waals surface area contributed by atoms with Gasteiger partial charge in [0.25, 0.3) is 5.91 Å². The predicted molar refractivity (Wildman–Crippen MR) is 119 cm³/mol. The van der Waals surface area contributed by atoms with Gasteiger partial charge in [-0.1, -0.05) is 24.3 Å². The summed E-state index contributed by atoms with van der Waals surface area (Å²) in [6, 6.07) is 19.7. The Morgan fingerprint density at radius 3 is 2.68 bits per heavy atom. The van der Waals surface area contributed by atoms with Crippen LogP contribution in [0.2, 0.25) is 0 Å². The van der Waals surface area contributed by atoms with Crippen molar-refractivity contribution in [1.29, 1.82) is 0 Å². The number of nitrogens with one attached hydrogen (secondary N) is 1. The van der Waals surface area contributed by atoms with E-state index in [0.29, 0.717) is 11.9 Å². The first-order valence-electron chi connectivity index (χ1n) is 10.2. The maximum absolute atomic E-state index is 11.2. The molecular weight excluding hydrogens is 390 g/mol. The number of pyridine rings is 3. The Morgan fingerprint density at radius 1 is 1.00 bits per heavy atom. The Morgan fingerprint density at radius 2 is 1.87 bits per heavy atom. The van der Waals surface area contributed by atoms with Crippen LogP contribution in [0.4, 0.5) is 5.82 Å². The number of carbonyl (C=O) groups is 1. The summed E-state index contributed by atoms with van der Waals surface area (Å²) in [4.78, 5) is 24.4. The van der Waals surface area contributed by atoms with Gasteiger partial charge in [-0.25, -0.2) is 9.97 Å². The molecular formula is C24H21N5O2. The monoisotopic (exact) mass is 411 g/mol. The van der Waals surface area contributed by atoms with Gasteiger partial charge in [-0.3, -0.25) is 9.78 Å². The second-order valence-corrected chi connectivity index (χ2v) is 7.59. The third-order valence-corrected chi connectivity index (χ3v) is 5.42. The van der Waals surface area contributed by atoms with Crippen LogP contribution >= 0.6 is 0 Å². The summed E-state index contributed by atoms with van der Waals surface area (Å²) in [5, 5.41) is 4.61. The number of aromatic nitrogens is 3. The van der Waals surface area contributed by atoms with Crippen LogP contribution < -0.4 is 15.8 Å². The van der Waals surface area contributed by atoms with Crippen LogP contribution in [-0.4, -0.2) is 33.0 Å². The summed E-state index contributed by atoms with van der Waals surface area (Å²) in [5.74, 6) is 0.882. The number of amides is 1. The molecule has 1 saturated carbocycles. The van der Waals surface area contributed by atoms with E-state index in [1.807, 2.05) is 36.4 Å². The molecule has 0 unspecified atom stereocenters. The molecule has 5 rings (SSSR count). The van der Waals surface area contributed by atoms with Crippen molar-refractivity contribution >= 4 is 22.6 Å². The van der Waals surface area contributed by atoms with Crippen LogP contribution in [0, 0.1) is 0 Å². The van der Waals surface area contributed by atoms with Gasteiger partial charge in [-0.05, 0) is 36.4 Å². The molecule has 0 spiro atoms. The van der Waals surface area contributed by atoms with Gasteiger partial charge in [0.15, 0.2) is 0 Å². The quantitative estimate of drug-likeness (QED) is 0.500. The van der Waals surface area contributed by atoms with E-state index in [2.05, 4.69) is 32.4 Å². The average Bonchev–Trinajstić information content (AvgIpc) is 2.78. The Balaban J connectivity index is 1.23. The fraction of sp³-hybridized carbons (Fsp3) is 0.167. The van der Waals surface area contributed by atoms with Crippen LogP contribution in [0.1, 0.15) is 23.3 Å². The predicted octanol–water partition coefficient (Wildman–Crippen LogP) is 3.81. The number of benzene rings is 1. The lowest BCUT2D eigenvalue weighted by atomic mass is 9.89. The molecule has 1 aromatic carbocycles. The highest BCUT2D eigenvalue weighted by Crippen LogP contribution is 2.33. The van der Waals surface area contributed by atoms with Crippen LogP contribution in [0.15, 0.2) is 73.1 Å². The first-order chi connectivity index (χ1) is 15.2. The molecule has 0 radical (unpaired) electrons. The third-order valence-electron chi connectivity index (χ3n) is 5.42. The van der Waals surface area contributed by atoms with Gasteiger partial charge in [0.1, 0.15) is 17.6 Å². The number of para-hydroxylation sites is 1. The highest BCUT2D eigenvalue weighted by molar-refractivity contribution is 5.91. The summed E-state index contributed by atoms with van der Waals surface area (Å²) in [5.41, 5.74) is 8.13. The lowest BCUT2D eigenvalue weighted by molar-refractivity contribution is 0.0995. The second kappa shape index (κ2) is 8.02. The summed E-state index contributed by atoms with van der Waals surface area (Å²) < 4.78 is 6.16. The molecule has 0 saturated heterocycles. The number of primary amides is 1. The molecule has 4 aromatic rings. The van der Waals surface area contributed by atoms with Crippen molar-refractivity contribution < 1.29 is 9.53 Å². The number of nitrogens with zero attached hydrogens (tertiary/aromatic N) is 3. The van der Waals surface area contributed by atoms with Crippen molar-refractivity contribution in [2.24, 2.45) is 5.73 Å². The fourth-order valence-corrected chi connectivity index (χ4v) is 3.70. The molecule has 3 N–H and O–H groups in total. The van der Waals surface area contributed by atoms with Gasteiger partial charge in [0, 0.05) is 47.8 Å². The summed E-state index contributed by atoms with van der Waals surface area (Å²) >= 11 is 0. The van der Waals surface area contributed by atoms with Crippen LogP contribution in [0.3, 0.4) is 0 Å². The minimum atomic E-state index is -0.553. The zero-order valence-corrected chi connectivity index (χ0v) is 16.7. The SMILES string of the molecule is NC(=O)c1ccc(-c2cccnc2OC2CC(Nc3ccc4ccccc4n3)C2)cn1. The molecule has 7 heteroatoms. The number of carbonyl (C=O) groups excluding carboxylic acids is 1. The van der Waals surface area contributed by atoms with Gasteiger partial charge in [0.05, 0.1) is 5.52 Å². The zero-order valence-electron chi connectivity index (χ0n) is 16.7. The molecule has 1 amide bonds. The number of hydrogen-bond acceptors (Lipinski definition) is 6. The Labute approximate surface area is 179 Å². The van der Waals surface area contributed by atoms with Crippen molar-refractivity contribution in [3.63, 3.8) is 0 Å². The van der Waals surface area contributed by atoms with Gasteiger partial charge in [-0.2, -0.15) is 0 Å². The number of anilines is 1. The highest BCUT2D eigenvalue weighted by atomic mass is 16.5. The molecule has 154 valence electrons.